The molecule has 3 rings (SSSR count). The molecular weight excluding hydrogens is 240 g/mol. The summed E-state index contributed by atoms with van der Waals surface area (Å²) in [6.07, 6.45) is 5.58. The second kappa shape index (κ2) is 4.48. The predicted molar refractivity (Wildman–Crippen MR) is 71.6 cm³/mol. The second-order valence-electron chi connectivity index (χ2n) is 5.59. The predicted octanol–water partition coefficient (Wildman–Crippen LogP) is 2.91. The average Bonchev–Trinajstić information content (AvgIpc) is 3.00. The summed E-state index contributed by atoms with van der Waals surface area (Å²) in [5, 5.41) is 0. The lowest BCUT2D eigenvalue weighted by molar-refractivity contribution is -0.108. The molecule has 0 radical (unpaired) electrons. The highest BCUT2D eigenvalue weighted by Crippen LogP contribution is 2.54. The number of carbonyl (C=O) groups is 2. The first-order chi connectivity index (χ1) is 9.23. The van der Waals surface area contributed by atoms with Gasteiger partial charge in [-0.2, -0.15) is 0 Å². The van der Waals surface area contributed by atoms with Crippen molar-refractivity contribution < 1.29 is 14.3 Å². The first kappa shape index (κ1) is 12.4. The van der Waals surface area contributed by atoms with E-state index in [9.17, 15) is 9.59 Å². The van der Waals surface area contributed by atoms with Crippen LogP contribution in [0.25, 0.3) is 0 Å². The summed E-state index contributed by atoms with van der Waals surface area (Å²) in [6, 6.07) is 5.79. The number of fused-ring (bicyclic) bond motifs is 2. The van der Waals surface area contributed by atoms with Gasteiger partial charge in [-0.05, 0) is 30.5 Å². The van der Waals surface area contributed by atoms with Gasteiger partial charge >= 0.3 is 0 Å². The summed E-state index contributed by atoms with van der Waals surface area (Å²) in [7, 11) is 1.61. The molecule has 0 unspecified atom stereocenters. The molecule has 100 valence electrons. The third-order valence-electron chi connectivity index (χ3n) is 4.84. The number of Topliss-reactive ketones (excluding diaryl/α,β-unsaturated/α-hetero) is 1. The third kappa shape index (κ3) is 1.64. The number of benzene rings is 1. The summed E-state index contributed by atoms with van der Waals surface area (Å²) in [4.78, 5) is 23.5. The Morgan fingerprint density at radius 1 is 1.37 bits per heavy atom. The van der Waals surface area contributed by atoms with Gasteiger partial charge in [0.1, 0.15) is 12.0 Å². The van der Waals surface area contributed by atoms with Gasteiger partial charge in [-0.25, -0.2) is 0 Å². The van der Waals surface area contributed by atoms with Crippen molar-refractivity contribution >= 4 is 12.1 Å². The number of methoxy groups -OCH3 is 1. The highest BCUT2D eigenvalue weighted by Gasteiger charge is 2.52. The van der Waals surface area contributed by atoms with Crippen LogP contribution in [-0.2, 0) is 10.2 Å². The summed E-state index contributed by atoms with van der Waals surface area (Å²) in [5.41, 5.74) is 1.83. The minimum atomic E-state index is -0.158. The van der Waals surface area contributed by atoms with Crippen LogP contribution in [0.1, 0.15) is 48.0 Å². The van der Waals surface area contributed by atoms with Crippen molar-refractivity contribution in [2.45, 2.75) is 37.5 Å². The molecule has 0 bridgehead atoms. The first-order valence-corrected chi connectivity index (χ1v) is 6.89. The normalized spacial score (nSPS) is 23.6. The fraction of sp³-hybridized carbons (Fsp3) is 0.500. The Morgan fingerprint density at radius 3 is 2.74 bits per heavy atom. The van der Waals surface area contributed by atoms with Crippen LogP contribution < -0.4 is 4.74 Å². The van der Waals surface area contributed by atoms with E-state index < -0.39 is 0 Å². The molecule has 3 nitrogen and oxygen atoms in total. The monoisotopic (exact) mass is 258 g/mol. The van der Waals surface area contributed by atoms with Crippen LogP contribution in [0, 0.1) is 5.92 Å². The molecule has 0 aliphatic heterocycles. The maximum atomic E-state index is 12.6. The maximum absolute atomic E-state index is 12.6. The SMILES string of the molecule is COc1ccc2c(c1)C(=O)[C@@H](CC=O)C21CCCC1. The van der Waals surface area contributed by atoms with Crippen LogP contribution in [0.5, 0.6) is 5.75 Å². The Kier molecular flexibility index (Phi) is 2.92. The molecule has 0 amide bonds. The van der Waals surface area contributed by atoms with E-state index in [1.54, 1.807) is 7.11 Å². The van der Waals surface area contributed by atoms with Crippen LogP contribution in [0.3, 0.4) is 0 Å². The van der Waals surface area contributed by atoms with Crippen molar-refractivity contribution in [1.29, 1.82) is 0 Å². The minimum Gasteiger partial charge on any atom is -0.497 e. The Morgan fingerprint density at radius 2 is 2.11 bits per heavy atom. The number of hydrogen-bond acceptors (Lipinski definition) is 3. The molecule has 1 aromatic carbocycles. The number of ketones is 1. The lowest BCUT2D eigenvalue weighted by atomic mass is 9.72. The van der Waals surface area contributed by atoms with E-state index in [4.69, 9.17) is 4.74 Å². The summed E-state index contributed by atoms with van der Waals surface area (Å²) >= 11 is 0. The number of carbonyl (C=O) groups excluding carboxylic acids is 2. The highest BCUT2D eigenvalue weighted by molar-refractivity contribution is 6.05. The van der Waals surface area contributed by atoms with Crippen LogP contribution in [0.4, 0.5) is 0 Å². The molecule has 2 aliphatic carbocycles. The zero-order valence-corrected chi connectivity index (χ0v) is 11.1. The van der Waals surface area contributed by atoms with Gasteiger partial charge in [-0.1, -0.05) is 18.9 Å². The quantitative estimate of drug-likeness (QED) is 0.783. The smallest absolute Gasteiger partial charge is 0.167 e. The number of rotatable bonds is 3. The molecule has 1 spiro atoms. The van der Waals surface area contributed by atoms with Gasteiger partial charge in [-0.3, -0.25) is 4.79 Å². The van der Waals surface area contributed by atoms with Gasteiger partial charge in [0, 0.05) is 23.3 Å². The van der Waals surface area contributed by atoms with Gasteiger partial charge < -0.3 is 9.53 Å². The lowest BCUT2D eigenvalue weighted by Crippen LogP contribution is -2.31. The molecule has 1 aromatic rings. The fourth-order valence-electron chi connectivity index (χ4n) is 3.97. The van der Waals surface area contributed by atoms with Crippen LogP contribution >= 0.6 is 0 Å². The number of hydrogen-bond donors (Lipinski definition) is 0. The van der Waals surface area contributed by atoms with Crippen molar-refractivity contribution in [2.24, 2.45) is 5.92 Å². The van der Waals surface area contributed by atoms with E-state index in [2.05, 4.69) is 0 Å². The van der Waals surface area contributed by atoms with E-state index >= 15 is 0 Å². The van der Waals surface area contributed by atoms with Gasteiger partial charge in [-0.15, -0.1) is 0 Å². The Hall–Kier alpha value is -1.64. The molecule has 3 heteroatoms. The van der Waals surface area contributed by atoms with Crippen molar-refractivity contribution in [3.05, 3.63) is 29.3 Å². The summed E-state index contributed by atoms with van der Waals surface area (Å²) < 4.78 is 5.21. The molecule has 19 heavy (non-hydrogen) atoms. The van der Waals surface area contributed by atoms with Crippen LogP contribution in [0.15, 0.2) is 18.2 Å². The summed E-state index contributed by atoms with van der Waals surface area (Å²) in [5.74, 6) is 0.685. The largest absolute Gasteiger partial charge is 0.497 e. The molecule has 0 heterocycles. The van der Waals surface area contributed by atoms with Gasteiger partial charge in [0.25, 0.3) is 0 Å². The van der Waals surface area contributed by atoms with Crippen molar-refractivity contribution in [3.63, 3.8) is 0 Å². The topological polar surface area (TPSA) is 43.4 Å². The highest BCUT2D eigenvalue weighted by atomic mass is 16.5. The Bertz CT molecular complexity index is 527. The zero-order chi connectivity index (χ0) is 13.5. The van der Waals surface area contributed by atoms with Crippen molar-refractivity contribution in [2.75, 3.05) is 7.11 Å². The van der Waals surface area contributed by atoms with Crippen molar-refractivity contribution in [1.82, 2.24) is 0 Å². The third-order valence-corrected chi connectivity index (χ3v) is 4.84. The Labute approximate surface area is 113 Å². The van der Waals surface area contributed by atoms with E-state index in [1.165, 1.54) is 0 Å². The van der Waals surface area contributed by atoms with Gasteiger partial charge in [0.05, 0.1) is 7.11 Å². The van der Waals surface area contributed by atoms with E-state index in [-0.39, 0.29) is 17.1 Å². The van der Waals surface area contributed by atoms with Gasteiger partial charge in [0.15, 0.2) is 5.78 Å². The van der Waals surface area contributed by atoms with Crippen molar-refractivity contribution in [3.8, 4) is 5.75 Å². The molecule has 0 saturated heterocycles. The molecule has 1 atom stereocenters. The van der Waals surface area contributed by atoms with E-state index in [0.29, 0.717) is 12.2 Å². The average molecular weight is 258 g/mol. The van der Waals surface area contributed by atoms with E-state index in [1.807, 2.05) is 18.2 Å². The second-order valence-corrected chi connectivity index (χ2v) is 5.59. The Balaban J connectivity index is 2.13. The molecule has 0 aromatic heterocycles. The standard InChI is InChI=1S/C16H18O3/c1-19-11-4-5-13-12(10-11)15(18)14(6-9-17)16(13)7-2-3-8-16/h4-5,9-10,14H,2-3,6-8H2,1H3/t14-/m1/s1. The molecule has 2 aliphatic rings. The fourth-order valence-corrected chi connectivity index (χ4v) is 3.97. The first-order valence-electron chi connectivity index (χ1n) is 6.89. The maximum Gasteiger partial charge on any atom is 0.167 e. The van der Waals surface area contributed by atoms with E-state index in [0.717, 1.165) is 43.1 Å². The zero-order valence-electron chi connectivity index (χ0n) is 11.1. The van der Waals surface area contributed by atoms with Crippen LogP contribution in [0.2, 0.25) is 0 Å². The molecule has 1 fully saturated rings. The van der Waals surface area contributed by atoms with Gasteiger partial charge in [0.2, 0.25) is 0 Å². The number of ether oxygens (including phenoxy) is 1. The summed E-state index contributed by atoms with van der Waals surface area (Å²) in [6.45, 7) is 0. The minimum absolute atomic E-state index is 0.0837. The molecular formula is C16H18O3. The lowest BCUT2D eigenvalue weighted by Gasteiger charge is -2.30. The number of aldehydes is 1. The molecule has 1 saturated carbocycles. The molecule has 0 N–H and O–H groups in total. The van der Waals surface area contributed by atoms with Crippen LogP contribution in [-0.4, -0.2) is 19.2 Å².